The number of hydrogen-bond acceptors (Lipinski definition) is 3. The number of aromatic nitrogens is 1. The molecule has 0 radical (unpaired) electrons. The van der Waals surface area contributed by atoms with Crippen LogP contribution in [0, 0.1) is 0 Å². The van der Waals surface area contributed by atoms with Gasteiger partial charge in [-0.1, -0.05) is 30.7 Å². The maximum Gasteiger partial charge on any atom is 0.418 e. The van der Waals surface area contributed by atoms with E-state index in [9.17, 15) is 13.2 Å². The molecule has 0 aliphatic heterocycles. The lowest BCUT2D eigenvalue weighted by Gasteiger charge is -2.20. The number of ether oxygens (including phenoxy) is 1. The standard InChI is InChI=1S/C21H23F3N2O/c1-2-19-18(21(22,23)24)10-11-20(26-19)27-17-5-3-4-15(13-17)12-14-6-8-16(25)9-7-14/h3-5,10-13,16H,2,6-9,25H2,1H3. The number of rotatable bonds is 4. The predicted octanol–water partition coefficient (Wildman–Crippen LogP) is 5.74. The van der Waals surface area contributed by atoms with E-state index in [1.165, 1.54) is 11.6 Å². The Bertz CT molecular complexity index is 820. The fourth-order valence-electron chi connectivity index (χ4n) is 3.25. The third-order valence-corrected chi connectivity index (χ3v) is 4.71. The number of benzene rings is 1. The molecule has 0 bridgehead atoms. The molecule has 0 atom stereocenters. The molecule has 1 aromatic heterocycles. The van der Waals surface area contributed by atoms with Gasteiger partial charge in [-0.2, -0.15) is 13.2 Å². The maximum atomic E-state index is 13.0. The predicted molar refractivity (Wildman–Crippen MR) is 99.6 cm³/mol. The van der Waals surface area contributed by atoms with Gasteiger partial charge in [0.2, 0.25) is 5.88 Å². The van der Waals surface area contributed by atoms with Gasteiger partial charge in [-0.15, -0.1) is 0 Å². The summed E-state index contributed by atoms with van der Waals surface area (Å²) in [5.41, 5.74) is 7.56. The number of pyridine rings is 1. The van der Waals surface area contributed by atoms with E-state index >= 15 is 0 Å². The number of aryl methyl sites for hydroxylation is 1. The zero-order valence-corrected chi connectivity index (χ0v) is 15.2. The minimum atomic E-state index is -4.41. The number of nitrogens with zero attached hydrogens (tertiary/aromatic N) is 1. The van der Waals surface area contributed by atoms with Crippen molar-refractivity contribution in [2.24, 2.45) is 5.73 Å². The Morgan fingerprint density at radius 3 is 2.59 bits per heavy atom. The van der Waals surface area contributed by atoms with E-state index in [4.69, 9.17) is 10.5 Å². The topological polar surface area (TPSA) is 48.1 Å². The van der Waals surface area contributed by atoms with E-state index in [1.54, 1.807) is 13.0 Å². The number of hydrogen-bond donors (Lipinski definition) is 1. The molecule has 0 amide bonds. The quantitative estimate of drug-likeness (QED) is 0.740. The molecular formula is C21H23F3N2O. The number of halogens is 3. The van der Waals surface area contributed by atoms with Crippen LogP contribution in [0.3, 0.4) is 0 Å². The first-order chi connectivity index (χ1) is 12.8. The SMILES string of the molecule is CCc1nc(Oc2cccc(C=C3CCC(N)CC3)c2)ccc1C(F)(F)F. The van der Waals surface area contributed by atoms with Crippen molar-refractivity contribution < 1.29 is 17.9 Å². The molecule has 1 aromatic carbocycles. The molecule has 1 fully saturated rings. The van der Waals surface area contributed by atoms with Gasteiger partial charge in [0.1, 0.15) is 5.75 Å². The number of nitrogens with two attached hydrogens (primary N) is 1. The lowest BCUT2D eigenvalue weighted by molar-refractivity contribution is -0.138. The van der Waals surface area contributed by atoms with Crippen LogP contribution in [-0.2, 0) is 12.6 Å². The van der Waals surface area contributed by atoms with Crippen LogP contribution in [-0.4, -0.2) is 11.0 Å². The fraction of sp³-hybridized carbons (Fsp3) is 0.381. The Hall–Kier alpha value is -2.34. The summed E-state index contributed by atoms with van der Waals surface area (Å²) in [5.74, 6) is 0.708. The van der Waals surface area contributed by atoms with Crippen molar-refractivity contribution >= 4 is 6.08 Å². The molecule has 6 heteroatoms. The molecule has 1 saturated carbocycles. The minimum Gasteiger partial charge on any atom is -0.439 e. The highest BCUT2D eigenvalue weighted by atomic mass is 19.4. The van der Waals surface area contributed by atoms with Crippen molar-refractivity contribution in [3.05, 3.63) is 58.8 Å². The third-order valence-electron chi connectivity index (χ3n) is 4.71. The van der Waals surface area contributed by atoms with Gasteiger partial charge < -0.3 is 10.5 Å². The van der Waals surface area contributed by atoms with Crippen LogP contribution in [0.2, 0.25) is 0 Å². The molecule has 144 valence electrons. The van der Waals surface area contributed by atoms with Crippen molar-refractivity contribution in [3.63, 3.8) is 0 Å². The van der Waals surface area contributed by atoms with Crippen LogP contribution in [0.4, 0.5) is 13.2 Å². The molecule has 3 nitrogen and oxygen atoms in total. The highest BCUT2D eigenvalue weighted by Gasteiger charge is 2.33. The van der Waals surface area contributed by atoms with Crippen molar-refractivity contribution in [3.8, 4) is 11.6 Å². The lowest BCUT2D eigenvalue weighted by atomic mass is 9.90. The van der Waals surface area contributed by atoms with Crippen molar-refractivity contribution in [2.75, 3.05) is 0 Å². The first kappa shape index (κ1) is 19.4. The van der Waals surface area contributed by atoms with Gasteiger partial charge in [0.25, 0.3) is 0 Å². The molecule has 3 rings (SSSR count). The Morgan fingerprint density at radius 1 is 1.19 bits per heavy atom. The lowest BCUT2D eigenvalue weighted by Crippen LogP contribution is -2.23. The summed E-state index contributed by atoms with van der Waals surface area (Å²) in [5, 5.41) is 0. The van der Waals surface area contributed by atoms with Gasteiger partial charge in [0.05, 0.1) is 11.3 Å². The van der Waals surface area contributed by atoms with E-state index in [-0.39, 0.29) is 24.0 Å². The summed E-state index contributed by atoms with van der Waals surface area (Å²) >= 11 is 0. The molecule has 1 heterocycles. The Morgan fingerprint density at radius 2 is 1.93 bits per heavy atom. The highest BCUT2D eigenvalue weighted by Crippen LogP contribution is 2.33. The van der Waals surface area contributed by atoms with Crippen LogP contribution >= 0.6 is 0 Å². The summed E-state index contributed by atoms with van der Waals surface area (Å²) < 4.78 is 44.7. The largest absolute Gasteiger partial charge is 0.439 e. The average molecular weight is 376 g/mol. The zero-order chi connectivity index (χ0) is 19.4. The summed E-state index contributed by atoms with van der Waals surface area (Å²) in [6.45, 7) is 1.64. The molecule has 2 aromatic rings. The highest BCUT2D eigenvalue weighted by molar-refractivity contribution is 5.55. The van der Waals surface area contributed by atoms with Gasteiger partial charge >= 0.3 is 6.18 Å². The van der Waals surface area contributed by atoms with Gasteiger partial charge in [0, 0.05) is 12.1 Å². The van der Waals surface area contributed by atoms with Crippen molar-refractivity contribution in [2.45, 2.75) is 51.2 Å². The van der Waals surface area contributed by atoms with Crippen LogP contribution in [0.15, 0.2) is 42.0 Å². The van der Waals surface area contributed by atoms with Gasteiger partial charge in [-0.25, -0.2) is 4.98 Å². The van der Waals surface area contributed by atoms with Crippen molar-refractivity contribution in [1.29, 1.82) is 0 Å². The summed E-state index contributed by atoms with van der Waals surface area (Å²) in [6, 6.07) is 10.0. The molecule has 0 unspecified atom stereocenters. The van der Waals surface area contributed by atoms with Crippen LogP contribution < -0.4 is 10.5 Å². The normalized spacial score (nSPS) is 17.7. The average Bonchev–Trinajstić information content (AvgIpc) is 2.63. The number of allylic oxidation sites excluding steroid dienone is 1. The fourth-order valence-corrected chi connectivity index (χ4v) is 3.25. The molecular weight excluding hydrogens is 353 g/mol. The first-order valence-corrected chi connectivity index (χ1v) is 9.15. The summed E-state index contributed by atoms with van der Waals surface area (Å²) in [6.07, 6.45) is 1.88. The van der Waals surface area contributed by atoms with E-state index in [0.29, 0.717) is 5.75 Å². The zero-order valence-electron chi connectivity index (χ0n) is 15.2. The second kappa shape index (κ2) is 8.13. The molecule has 0 spiro atoms. The minimum absolute atomic E-state index is 0.0168. The Labute approximate surface area is 157 Å². The molecule has 1 aliphatic carbocycles. The maximum absolute atomic E-state index is 13.0. The van der Waals surface area contributed by atoms with E-state index in [0.717, 1.165) is 37.3 Å². The van der Waals surface area contributed by atoms with Crippen LogP contribution in [0.1, 0.15) is 49.4 Å². The second-order valence-electron chi connectivity index (χ2n) is 6.81. The first-order valence-electron chi connectivity index (χ1n) is 9.15. The van der Waals surface area contributed by atoms with E-state index in [1.807, 2.05) is 18.2 Å². The monoisotopic (exact) mass is 376 g/mol. The molecule has 27 heavy (non-hydrogen) atoms. The van der Waals surface area contributed by atoms with E-state index < -0.39 is 11.7 Å². The molecule has 2 N–H and O–H groups in total. The Balaban J connectivity index is 1.77. The molecule has 1 aliphatic rings. The van der Waals surface area contributed by atoms with Crippen molar-refractivity contribution in [1.82, 2.24) is 4.98 Å². The van der Waals surface area contributed by atoms with Gasteiger partial charge in [-0.3, -0.25) is 0 Å². The summed E-state index contributed by atoms with van der Waals surface area (Å²) in [7, 11) is 0. The summed E-state index contributed by atoms with van der Waals surface area (Å²) in [4.78, 5) is 4.04. The third kappa shape index (κ3) is 5.10. The van der Waals surface area contributed by atoms with Gasteiger partial charge in [0.15, 0.2) is 0 Å². The van der Waals surface area contributed by atoms with Crippen LogP contribution in [0.25, 0.3) is 6.08 Å². The second-order valence-corrected chi connectivity index (χ2v) is 6.81. The van der Waals surface area contributed by atoms with Crippen LogP contribution in [0.5, 0.6) is 11.6 Å². The van der Waals surface area contributed by atoms with Gasteiger partial charge in [-0.05, 0) is 55.9 Å². The smallest absolute Gasteiger partial charge is 0.418 e. The molecule has 0 saturated heterocycles. The number of alkyl halides is 3. The van der Waals surface area contributed by atoms with E-state index in [2.05, 4.69) is 11.1 Å². The Kier molecular flexibility index (Phi) is 5.85.